The van der Waals surface area contributed by atoms with Crippen molar-refractivity contribution in [1.82, 2.24) is 0 Å². The molecule has 2 rings (SSSR count). The van der Waals surface area contributed by atoms with Crippen LogP contribution in [0.4, 0.5) is 26.3 Å². The predicted molar refractivity (Wildman–Crippen MR) is 72.0 cm³/mol. The second kappa shape index (κ2) is 5.51. The highest BCUT2D eigenvalue weighted by molar-refractivity contribution is 5.68. The first-order valence-electron chi connectivity index (χ1n) is 6.13. The van der Waals surface area contributed by atoms with E-state index in [0.29, 0.717) is 17.7 Å². The van der Waals surface area contributed by atoms with Crippen molar-refractivity contribution in [2.24, 2.45) is 0 Å². The fourth-order valence-electron chi connectivity index (χ4n) is 1.97. The Bertz CT molecular complexity index is 662. The molecule has 0 fully saturated rings. The molecule has 0 aliphatic rings. The molecule has 0 spiro atoms. The van der Waals surface area contributed by atoms with Crippen LogP contribution in [0.1, 0.15) is 16.7 Å². The van der Waals surface area contributed by atoms with Gasteiger partial charge >= 0.3 is 12.4 Å². The third-order valence-electron chi connectivity index (χ3n) is 3.04. The van der Waals surface area contributed by atoms with Crippen LogP contribution >= 0.6 is 0 Å². The Balaban J connectivity index is 2.67. The summed E-state index contributed by atoms with van der Waals surface area (Å²) in [5, 5.41) is 0. The van der Waals surface area contributed by atoms with E-state index in [1.807, 2.05) is 0 Å². The van der Waals surface area contributed by atoms with Crippen LogP contribution in [-0.2, 0) is 12.4 Å². The number of hydrogen-bond acceptors (Lipinski definition) is 0. The van der Waals surface area contributed by atoms with E-state index in [-0.39, 0.29) is 17.2 Å². The molecule has 0 nitrogen and oxygen atoms in total. The first-order chi connectivity index (χ1) is 10.1. The maximum Gasteiger partial charge on any atom is 0.416 e. The third kappa shape index (κ3) is 3.50. The van der Waals surface area contributed by atoms with Gasteiger partial charge in [0.25, 0.3) is 0 Å². The lowest BCUT2D eigenvalue weighted by molar-refractivity contribution is -0.143. The molecule has 0 amide bonds. The largest absolute Gasteiger partial charge is 0.416 e. The van der Waals surface area contributed by atoms with Crippen molar-refractivity contribution < 1.29 is 26.3 Å². The molecular formula is C16H10F6. The molecule has 2 aromatic rings. The number of hydrogen-bond donors (Lipinski definition) is 0. The van der Waals surface area contributed by atoms with Gasteiger partial charge in [-0.15, -0.1) is 0 Å². The van der Waals surface area contributed by atoms with Crippen LogP contribution in [0.5, 0.6) is 0 Å². The van der Waals surface area contributed by atoms with Gasteiger partial charge in [0.15, 0.2) is 0 Å². The molecule has 22 heavy (non-hydrogen) atoms. The van der Waals surface area contributed by atoms with Crippen molar-refractivity contribution >= 4 is 6.08 Å². The lowest BCUT2D eigenvalue weighted by atomic mass is 9.98. The number of alkyl halides is 6. The minimum absolute atomic E-state index is 0.112. The summed E-state index contributed by atoms with van der Waals surface area (Å²) >= 11 is 0. The molecule has 0 aromatic heterocycles. The third-order valence-corrected chi connectivity index (χ3v) is 3.04. The summed E-state index contributed by atoms with van der Waals surface area (Å²) in [6.07, 6.45) is -8.25. The van der Waals surface area contributed by atoms with E-state index in [4.69, 9.17) is 0 Å². The van der Waals surface area contributed by atoms with Crippen LogP contribution in [0.2, 0.25) is 0 Å². The summed E-state index contributed by atoms with van der Waals surface area (Å²) in [6, 6.07) is 7.63. The topological polar surface area (TPSA) is 0 Å². The molecule has 0 heterocycles. The fourth-order valence-corrected chi connectivity index (χ4v) is 1.97. The van der Waals surface area contributed by atoms with Crippen molar-refractivity contribution in [3.8, 4) is 11.1 Å². The Kier molecular flexibility index (Phi) is 4.04. The summed E-state index contributed by atoms with van der Waals surface area (Å²) in [7, 11) is 0. The van der Waals surface area contributed by atoms with E-state index in [1.165, 1.54) is 18.2 Å². The highest BCUT2D eigenvalue weighted by atomic mass is 19.4. The van der Waals surface area contributed by atoms with E-state index >= 15 is 0 Å². The maximum atomic E-state index is 12.8. The normalized spacial score (nSPS) is 12.3. The SMILES string of the molecule is C=Cc1cccc(-c2cc(C(F)(F)F)cc(C(F)(F)F)c2)c1. The monoisotopic (exact) mass is 316 g/mol. The summed E-state index contributed by atoms with van der Waals surface area (Å²) in [4.78, 5) is 0. The zero-order valence-corrected chi connectivity index (χ0v) is 11.1. The predicted octanol–water partition coefficient (Wildman–Crippen LogP) is 6.03. The van der Waals surface area contributed by atoms with Crippen molar-refractivity contribution in [1.29, 1.82) is 0 Å². The molecule has 0 aliphatic carbocycles. The summed E-state index contributed by atoms with van der Waals surface area (Å²) in [5.74, 6) is 0. The van der Waals surface area contributed by atoms with E-state index in [1.54, 1.807) is 12.1 Å². The van der Waals surface area contributed by atoms with Gasteiger partial charge in [-0.1, -0.05) is 30.9 Å². The zero-order valence-electron chi connectivity index (χ0n) is 11.1. The molecule has 0 saturated carbocycles. The number of benzene rings is 2. The molecule has 2 aromatic carbocycles. The molecule has 0 atom stereocenters. The molecule has 6 heteroatoms. The van der Waals surface area contributed by atoms with Crippen LogP contribution in [-0.4, -0.2) is 0 Å². The van der Waals surface area contributed by atoms with E-state index in [0.717, 1.165) is 0 Å². The van der Waals surface area contributed by atoms with E-state index in [2.05, 4.69) is 6.58 Å². The molecule has 0 saturated heterocycles. The average Bonchev–Trinajstić information content (AvgIpc) is 2.45. The highest BCUT2D eigenvalue weighted by Gasteiger charge is 2.36. The smallest absolute Gasteiger partial charge is 0.166 e. The molecule has 0 aliphatic heterocycles. The van der Waals surface area contributed by atoms with Crippen molar-refractivity contribution in [3.63, 3.8) is 0 Å². The quantitative estimate of drug-likeness (QED) is 0.593. The fraction of sp³-hybridized carbons (Fsp3) is 0.125. The number of halogens is 6. The molecule has 0 bridgehead atoms. The van der Waals surface area contributed by atoms with Gasteiger partial charge in [-0.05, 0) is 41.0 Å². The molecule has 0 N–H and O–H groups in total. The van der Waals surface area contributed by atoms with Gasteiger partial charge in [-0.25, -0.2) is 0 Å². The number of rotatable bonds is 2. The Morgan fingerprint density at radius 3 is 1.73 bits per heavy atom. The van der Waals surface area contributed by atoms with Crippen LogP contribution in [0.15, 0.2) is 49.0 Å². The molecule has 0 unspecified atom stereocenters. The molecule has 116 valence electrons. The van der Waals surface area contributed by atoms with Crippen LogP contribution < -0.4 is 0 Å². The Labute approximate surface area is 122 Å². The zero-order chi connectivity index (χ0) is 16.5. The van der Waals surface area contributed by atoms with E-state index < -0.39 is 23.5 Å². The van der Waals surface area contributed by atoms with Crippen LogP contribution in [0.3, 0.4) is 0 Å². The van der Waals surface area contributed by atoms with Gasteiger partial charge in [0.1, 0.15) is 0 Å². The van der Waals surface area contributed by atoms with Gasteiger partial charge in [-0.3, -0.25) is 0 Å². The molecular weight excluding hydrogens is 306 g/mol. The molecule has 0 radical (unpaired) electrons. The summed E-state index contributed by atoms with van der Waals surface area (Å²) in [5.41, 5.74) is -1.95. The van der Waals surface area contributed by atoms with Gasteiger partial charge in [0.2, 0.25) is 0 Å². The first kappa shape index (κ1) is 16.1. The van der Waals surface area contributed by atoms with Gasteiger partial charge in [0.05, 0.1) is 11.1 Å². The van der Waals surface area contributed by atoms with Crippen molar-refractivity contribution in [3.05, 3.63) is 65.7 Å². The van der Waals surface area contributed by atoms with Crippen molar-refractivity contribution in [2.75, 3.05) is 0 Å². The van der Waals surface area contributed by atoms with Crippen LogP contribution in [0, 0.1) is 0 Å². The minimum Gasteiger partial charge on any atom is -0.166 e. The lowest BCUT2D eigenvalue weighted by Crippen LogP contribution is -2.11. The minimum atomic E-state index is -4.86. The Morgan fingerprint density at radius 2 is 1.27 bits per heavy atom. The van der Waals surface area contributed by atoms with E-state index in [9.17, 15) is 26.3 Å². The summed E-state index contributed by atoms with van der Waals surface area (Å²) < 4.78 is 76.9. The second-order valence-electron chi connectivity index (χ2n) is 4.62. The van der Waals surface area contributed by atoms with Gasteiger partial charge in [-0.2, -0.15) is 26.3 Å². The Hall–Kier alpha value is -2.24. The highest BCUT2D eigenvalue weighted by Crippen LogP contribution is 2.38. The van der Waals surface area contributed by atoms with Gasteiger partial charge in [0, 0.05) is 0 Å². The lowest BCUT2D eigenvalue weighted by Gasteiger charge is -2.14. The van der Waals surface area contributed by atoms with Crippen LogP contribution in [0.25, 0.3) is 17.2 Å². The summed E-state index contributed by atoms with van der Waals surface area (Å²) in [6.45, 7) is 3.52. The second-order valence-corrected chi connectivity index (χ2v) is 4.62. The Morgan fingerprint density at radius 1 is 0.727 bits per heavy atom. The standard InChI is InChI=1S/C16H10F6/c1-2-10-4-3-5-11(6-10)12-7-13(15(17,18)19)9-14(8-12)16(20,21)22/h2-9H,1H2. The van der Waals surface area contributed by atoms with Crippen molar-refractivity contribution in [2.45, 2.75) is 12.4 Å². The first-order valence-corrected chi connectivity index (χ1v) is 6.13. The maximum absolute atomic E-state index is 12.8. The average molecular weight is 316 g/mol. The van der Waals surface area contributed by atoms with Gasteiger partial charge < -0.3 is 0 Å².